The van der Waals surface area contributed by atoms with Crippen molar-refractivity contribution in [3.8, 4) is 0 Å². The topological polar surface area (TPSA) is 83.6 Å². The van der Waals surface area contributed by atoms with Crippen LogP contribution in [-0.2, 0) is 9.59 Å². The first kappa shape index (κ1) is 18.6. The molecule has 0 radical (unpaired) electrons. The van der Waals surface area contributed by atoms with Crippen molar-refractivity contribution in [1.29, 1.82) is 0 Å². The normalized spacial score (nSPS) is 16.1. The summed E-state index contributed by atoms with van der Waals surface area (Å²) in [5, 5.41) is 10.3. The molecule has 0 aliphatic rings. The SMILES string of the molecule is C/C=C/C[C@@H](C)[C@@H](O)[C@@H](C(N)=O)N(C)C(=O)CC(C)C. The zero-order valence-electron chi connectivity index (χ0n) is 13.2. The molecule has 3 N–H and O–H groups in total. The van der Waals surface area contributed by atoms with E-state index in [0.717, 1.165) is 0 Å². The van der Waals surface area contributed by atoms with Gasteiger partial charge < -0.3 is 15.7 Å². The first-order valence-corrected chi connectivity index (χ1v) is 7.06. The number of likely N-dealkylation sites (N-methyl/N-ethyl adjacent to an activating group) is 1. The first-order chi connectivity index (χ1) is 9.22. The Labute approximate surface area is 121 Å². The fraction of sp³-hybridized carbons (Fsp3) is 0.733. The number of primary amides is 1. The van der Waals surface area contributed by atoms with Crippen molar-refractivity contribution in [2.24, 2.45) is 17.6 Å². The van der Waals surface area contributed by atoms with Crippen molar-refractivity contribution < 1.29 is 14.7 Å². The molecule has 0 bridgehead atoms. The summed E-state index contributed by atoms with van der Waals surface area (Å²) in [4.78, 5) is 24.9. The molecule has 0 saturated carbocycles. The van der Waals surface area contributed by atoms with E-state index in [-0.39, 0.29) is 17.7 Å². The van der Waals surface area contributed by atoms with Crippen molar-refractivity contribution in [2.75, 3.05) is 7.05 Å². The second kappa shape index (κ2) is 8.74. The summed E-state index contributed by atoms with van der Waals surface area (Å²) in [6.07, 6.45) is 3.80. The van der Waals surface area contributed by atoms with Crippen molar-refractivity contribution in [3.05, 3.63) is 12.2 Å². The number of nitrogens with zero attached hydrogens (tertiary/aromatic N) is 1. The lowest BCUT2D eigenvalue weighted by Gasteiger charge is -2.32. The average molecular weight is 284 g/mol. The molecule has 5 heteroatoms. The molecule has 2 amide bonds. The molecule has 116 valence electrons. The van der Waals surface area contributed by atoms with E-state index in [0.29, 0.717) is 12.8 Å². The Morgan fingerprint density at radius 3 is 2.25 bits per heavy atom. The Balaban J connectivity index is 4.94. The van der Waals surface area contributed by atoms with E-state index in [2.05, 4.69) is 0 Å². The largest absolute Gasteiger partial charge is 0.390 e. The van der Waals surface area contributed by atoms with Gasteiger partial charge in [-0.2, -0.15) is 0 Å². The van der Waals surface area contributed by atoms with Gasteiger partial charge in [0.2, 0.25) is 11.8 Å². The monoisotopic (exact) mass is 284 g/mol. The van der Waals surface area contributed by atoms with Crippen LogP contribution in [-0.4, -0.2) is 41.0 Å². The molecule has 20 heavy (non-hydrogen) atoms. The molecule has 0 spiro atoms. The molecule has 0 rings (SSSR count). The number of hydrogen-bond acceptors (Lipinski definition) is 3. The molecule has 0 aromatic heterocycles. The molecule has 0 aromatic rings. The van der Waals surface area contributed by atoms with E-state index in [1.54, 1.807) is 0 Å². The summed E-state index contributed by atoms with van der Waals surface area (Å²) in [5.74, 6) is -0.820. The number of nitrogens with two attached hydrogens (primary N) is 1. The van der Waals surface area contributed by atoms with Gasteiger partial charge in [0, 0.05) is 13.5 Å². The van der Waals surface area contributed by atoms with Crippen LogP contribution in [0.5, 0.6) is 0 Å². The minimum Gasteiger partial charge on any atom is -0.390 e. The van der Waals surface area contributed by atoms with Gasteiger partial charge in [0.05, 0.1) is 6.10 Å². The first-order valence-electron chi connectivity index (χ1n) is 7.06. The van der Waals surface area contributed by atoms with E-state index in [9.17, 15) is 14.7 Å². The smallest absolute Gasteiger partial charge is 0.242 e. The van der Waals surface area contributed by atoms with Crippen molar-refractivity contribution in [3.63, 3.8) is 0 Å². The van der Waals surface area contributed by atoms with Crippen LogP contribution in [0.3, 0.4) is 0 Å². The zero-order valence-corrected chi connectivity index (χ0v) is 13.2. The lowest BCUT2D eigenvalue weighted by molar-refractivity contribution is -0.143. The summed E-state index contributed by atoms with van der Waals surface area (Å²) in [6, 6.07) is -0.985. The van der Waals surface area contributed by atoms with Gasteiger partial charge in [0.25, 0.3) is 0 Å². The van der Waals surface area contributed by atoms with E-state index < -0.39 is 18.1 Å². The van der Waals surface area contributed by atoms with Crippen LogP contribution in [0.15, 0.2) is 12.2 Å². The number of carbonyl (C=O) groups is 2. The predicted molar refractivity (Wildman–Crippen MR) is 79.8 cm³/mol. The summed E-state index contributed by atoms with van der Waals surface area (Å²) in [6.45, 7) is 7.58. The number of aliphatic hydroxyl groups excluding tert-OH is 1. The van der Waals surface area contributed by atoms with E-state index >= 15 is 0 Å². The van der Waals surface area contributed by atoms with Gasteiger partial charge in [0.15, 0.2) is 0 Å². The summed E-state index contributed by atoms with van der Waals surface area (Å²) in [5.41, 5.74) is 5.36. The Morgan fingerprint density at radius 1 is 1.30 bits per heavy atom. The molecule has 0 fully saturated rings. The molecular formula is C15H28N2O3. The number of rotatable bonds is 8. The Kier molecular flexibility index (Phi) is 8.15. The van der Waals surface area contributed by atoms with Gasteiger partial charge in [-0.25, -0.2) is 0 Å². The molecule has 3 atom stereocenters. The van der Waals surface area contributed by atoms with E-state index in [1.165, 1.54) is 11.9 Å². The van der Waals surface area contributed by atoms with E-state index in [1.807, 2.05) is 39.8 Å². The van der Waals surface area contributed by atoms with Gasteiger partial charge >= 0.3 is 0 Å². The standard InChI is InChI=1S/C15H28N2O3/c1-6-7-8-11(4)14(19)13(15(16)20)17(5)12(18)9-10(2)3/h6-7,10-11,13-14,19H,8-9H2,1-5H3,(H2,16,20)/b7-6+/t11-,13+,14-/m1/s1. The summed E-state index contributed by atoms with van der Waals surface area (Å²) >= 11 is 0. The highest BCUT2D eigenvalue weighted by Crippen LogP contribution is 2.17. The fourth-order valence-electron chi connectivity index (χ4n) is 2.04. The third-order valence-electron chi connectivity index (χ3n) is 3.34. The number of hydrogen-bond donors (Lipinski definition) is 2. The maximum absolute atomic E-state index is 12.0. The van der Waals surface area contributed by atoms with Crippen LogP contribution >= 0.6 is 0 Å². The van der Waals surface area contributed by atoms with Gasteiger partial charge in [-0.1, -0.05) is 32.9 Å². The molecular weight excluding hydrogens is 256 g/mol. The molecule has 0 saturated heterocycles. The Bertz CT molecular complexity index is 353. The number of allylic oxidation sites excluding steroid dienone is 2. The van der Waals surface area contributed by atoms with Gasteiger partial charge in [-0.3, -0.25) is 9.59 Å². The quantitative estimate of drug-likeness (QED) is 0.659. The summed E-state index contributed by atoms with van der Waals surface area (Å²) in [7, 11) is 1.52. The van der Waals surface area contributed by atoms with Crippen LogP contribution in [0.1, 0.15) is 40.5 Å². The average Bonchev–Trinajstić information content (AvgIpc) is 2.34. The molecule has 0 heterocycles. The second-order valence-electron chi connectivity index (χ2n) is 5.72. The highest BCUT2D eigenvalue weighted by atomic mass is 16.3. The highest BCUT2D eigenvalue weighted by Gasteiger charge is 2.34. The molecule has 0 aliphatic carbocycles. The van der Waals surface area contributed by atoms with Crippen LogP contribution < -0.4 is 5.73 Å². The fourth-order valence-corrected chi connectivity index (χ4v) is 2.04. The Morgan fingerprint density at radius 2 is 1.85 bits per heavy atom. The van der Waals surface area contributed by atoms with Crippen LogP contribution in [0, 0.1) is 11.8 Å². The van der Waals surface area contributed by atoms with Crippen LogP contribution in [0.2, 0.25) is 0 Å². The molecule has 0 aliphatic heterocycles. The van der Waals surface area contributed by atoms with E-state index in [4.69, 9.17) is 5.73 Å². The van der Waals surface area contributed by atoms with Crippen molar-refractivity contribution >= 4 is 11.8 Å². The maximum Gasteiger partial charge on any atom is 0.242 e. The third-order valence-corrected chi connectivity index (χ3v) is 3.34. The third kappa shape index (κ3) is 5.74. The number of aliphatic hydroxyl groups is 1. The Hall–Kier alpha value is -1.36. The van der Waals surface area contributed by atoms with Crippen LogP contribution in [0.25, 0.3) is 0 Å². The minimum atomic E-state index is -0.985. The van der Waals surface area contributed by atoms with Gasteiger partial charge in [-0.15, -0.1) is 0 Å². The van der Waals surface area contributed by atoms with Gasteiger partial charge in [0.1, 0.15) is 6.04 Å². The minimum absolute atomic E-state index is 0.155. The van der Waals surface area contributed by atoms with Crippen molar-refractivity contribution in [1.82, 2.24) is 4.90 Å². The molecule has 0 aromatic carbocycles. The molecule has 5 nitrogen and oxygen atoms in total. The maximum atomic E-state index is 12.0. The van der Waals surface area contributed by atoms with Crippen LogP contribution in [0.4, 0.5) is 0 Å². The predicted octanol–water partition coefficient (Wildman–Crippen LogP) is 1.31. The van der Waals surface area contributed by atoms with Gasteiger partial charge in [-0.05, 0) is 25.2 Å². The zero-order chi connectivity index (χ0) is 15.9. The summed E-state index contributed by atoms with van der Waals surface area (Å²) < 4.78 is 0. The lowest BCUT2D eigenvalue weighted by atomic mass is 9.93. The van der Waals surface area contributed by atoms with Crippen molar-refractivity contribution in [2.45, 2.75) is 52.7 Å². The second-order valence-corrected chi connectivity index (χ2v) is 5.72. The number of carbonyl (C=O) groups excluding carboxylic acids is 2. The molecule has 0 unspecified atom stereocenters. The highest BCUT2D eigenvalue weighted by molar-refractivity contribution is 5.87. The lowest BCUT2D eigenvalue weighted by Crippen LogP contribution is -2.54. The number of amides is 2.